The number of nitrogens with one attached hydrogen (secondary N) is 1. The lowest BCUT2D eigenvalue weighted by Gasteiger charge is -2.36. The van der Waals surface area contributed by atoms with Crippen LogP contribution in [-0.2, 0) is 4.79 Å². The number of hydrazone groups is 1. The number of anilines is 1. The zero-order valence-electron chi connectivity index (χ0n) is 15.1. The van der Waals surface area contributed by atoms with Crippen molar-refractivity contribution in [3.8, 4) is 11.5 Å². The standard InChI is InChI=1S/C20H24N4O3/c25-18-7-6-16(19(26)14-18)15-21-22-20(27)8-9-23-10-12-24(13-11-23)17-4-2-1-3-5-17/h1-7,14-15,25-26H,8-13H2,(H,22,27)/b21-15+. The van der Waals surface area contributed by atoms with E-state index < -0.39 is 0 Å². The van der Waals surface area contributed by atoms with Gasteiger partial charge in [-0.1, -0.05) is 18.2 Å². The Hall–Kier alpha value is -3.06. The van der Waals surface area contributed by atoms with Gasteiger partial charge in [-0.05, 0) is 24.3 Å². The van der Waals surface area contributed by atoms with Gasteiger partial charge in [0.1, 0.15) is 11.5 Å². The predicted molar refractivity (Wildman–Crippen MR) is 105 cm³/mol. The van der Waals surface area contributed by atoms with Crippen molar-refractivity contribution < 1.29 is 15.0 Å². The molecular formula is C20H24N4O3. The first-order valence-corrected chi connectivity index (χ1v) is 8.98. The van der Waals surface area contributed by atoms with E-state index in [-0.39, 0.29) is 17.4 Å². The number of rotatable bonds is 6. The van der Waals surface area contributed by atoms with Gasteiger partial charge < -0.3 is 15.1 Å². The first-order chi connectivity index (χ1) is 13.1. The first kappa shape index (κ1) is 18.7. The minimum Gasteiger partial charge on any atom is -0.508 e. The van der Waals surface area contributed by atoms with Crippen molar-refractivity contribution >= 4 is 17.8 Å². The number of para-hydroxylation sites is 1. The highest BCUT2D eigenvalue weighted by atomic mass is 16.3. The second kappa shape index (κ2) is 9.05. The number of nitrogens with zero attached hydrogens (tertiary/aromatic N) is 3. The number of hydrogen-bond acceptors (Lipinski definition) is 6. The summed E-state index contributed by atoms with van der Waals surface area (Å²) in [6.45, 7) is 4.43. The maximum Gasteiger partial charge on any atom is 0.241 e. The first-order valence-electron chi connectivity index (χ1n) is 8.98. The summed E-state index contributed by atoms with van der Waals surface area (Å²) in [6, 6.07) is 14.5. The third-order valence-corrected chi connectivity index (χ3v) is 4.56. The lowest BCUT2D eigenvalue weighted by atomic mass is 10.2. The molecule has 3 N–H and O–H groups in total. The van der Waals surface area contributed by atoms with Crippen LogP contribution in [0.15, 0.2) is 53.6 Å². The molecule has 1 saturated heterocycles. The van der Waals surface area contributed by atoms with E-state index in [1.54, 1.807) is 0 Å². The van der Waals surface area contributed by atoms with E-state index in [1.165, 1.54) is 30.1 Å². The van der Waals surface area contributed by atoms with Crippen molar-refractivity contribution in [1.82, 2.24) is 10.3 Å². The topological polar surface area (TPSA) is 88.4 Å². The van der Waals surface area contributed by atoms with Gasteiger partial charge in [0, 0.05) is 56.5 Å². The summed E-state index contributed by atoms with van der Waals surface area (Å²) in [5, 5.41) is 22.8. The van der Waals surface area contributed by atoms with Gasteiger partial charge in [0.25, 0.3) is 0 Å². The van der Waals surface area contributed by atoms with Crippen molar-refractivity contribution in [1.29, 1.82) is 0 Å². The number of carbonyl (C=O) groups is 1. The van der Waals surface area contributed by atoms with Crippen LogP contribution in [0.4, 0.5) is 5.69 Å². The fourth-order valence-corrected chi connectivity index (χ4v) is 3.00. The Balaban J connectivity index is 1.38. The maximum absolute atomic E-state index is 11.9. The van der Waals surface area contributed by atoms with Gasteiger partial charge in [0.2, 0.25) is 5.91 Å². The number of benzene rings is 2. The maximum atomic E-state index is 11.9. The molecule has 1 heterocycles. The predicted octanol–water partition coefficient (Wildman–Crippen LogP) is 1.76. The Morgan fingerprint density at radius 3 is 2.52 bits per heavy atom. The smallest absolute Gasteiger partial charge is 0.241 e. The number of hydrogen-bond donors (Lipinski definition) is 3. The Kier molecular flexibility index (Phi) is 6.27. The summed E-state index contributed by atoms with van der Waals surface area (Å²) in [4.78, 5) is 16.6. The van der Waals surface area contributed by atoms with Gasteiger partial charge in [-0.2, -0.15) is 5.10 Å². The lowest BCUT2D eigenvalue weighted by molar-refractivity contribution is -0.121. The van der Waals surface area contributed by atoms with Crippen molar-refractivity contribution in [3.05, 3.63) is 54.1 Å². The van der Waals surface area contributed by atoms with Crippen LogP contribution in [0, 0.1) is 0 Å². The summed E-state index contributed by atoms with van der Waals surface area (Å²) in [6.07, 6.45) is 1.72. The average Bonchev–Trinajstić information content (AvgIpc) is 2.69. The van der Waals surface area contributed by atoms with E-state index in [1.807, 2.05) is 18.2 Å². The SMILES string of the molecule is O=C(CCN1CCN(c2ccccc2)CC1)N/N=C/c1ccc(O)cc1O. The van der Waals surface area contributed by atoms with E-state index in [0.717, 1.165) is 26.2 Å². The van der Waals surface area contributed by atoms with E-state index >= 15 is 0 Å². The van der Waals surface area contributed by atoms with E-state index in [0.29, 0.717) is 18.5 Å². The zero-order chi connectivity index (χ0) is 19.1. The fraction of sp³-hybridized carbons (Fsp3) is 0.300. The van der Waals surface area contributed by atoms with Crippen molar-refractivity contribution in [2.75, 3.05) is 37.6 Å². The molecule has 0 radical (unpaired) electrons. The molecule has 0 aliphatic carbocycles. The summed E-state index contributed by atoms with van der Waals surface area (Å²) in [7, 11) is 0. The highest BCUT2D eigenvalue weighted by Crippen LogP contribution is 2.20. The summed E-state index contributed by atoms with van der Waals surface area (Å²) in [5.41, 5.74) is 4.13. The Bertz CT molecular complexity index is 787. The molecule has 27 heavy (non-hydrogen) atoms. The molecular weight excluding hydrogens is 344 g/mol. The second-order valence-electron chi connectivity index (χ2n) is 6.45. The molecule has 3 rings (SSSR count). The molecule has 0 saturated carbocycles. The van der Waals surface area contributed by atoms with Gasteiger partial charge in [-0.3, -0.25) is 9.69 Å². The Labute approximate surface area is 158 Å². The lowest BCUT2D eigenvalue weighted by Crippen LogP contribution is -2.47. The highest BCUT2D eigenvalue weighted by molar-refractivity contribution is 5.85. The fourth-order valence-electron chi connectivity index (χ4n) is 3.00. The van der Waals surface area contributed by atoms with Crippen LogP contribution in [0.3, 0.4) is 0 Å². The molecule has 0 spiro atoms. The van der Waals surface area contributed by atoms with Crippen LogP contribution in [0.25, 0.3) is 0 Å². The Morgan fingerprint density at radius 1 is 1.07 bits per heavy atom. The molecule has 2 aromatic rings. The van der Waals surface area contributed by atoms with Crippen LogP contribution in [-0.4, -0.2) is 60.0 Å². The molecule has 7 heteroatoms. The molecule has 0 bridgehead atoms. The van der Waals surface area contributed by atoms with E-state index in [2.05, 4.69) is 32.5 Å². The molecule has 0 aromatic heterocycles. The average molecular weight is 368 g/mol. The molecule has 1 fully saturated rings. The number of phenols is 2. The minimum atomic E-state index is -0.171. The molecule has 0 atom stereocenters. The van der Waals surface area contributed by atoms with Gasteiger partial charge in [0.05, 0.1) is 6.21 Å². The molecule has 7 nitrogen and oxygen atoms in total. The molecule has 142 valence electrons. The minimum absolute atomic E-state index is 0.0268. The molecule has 1 aliphatic rings. The van der Waals surface area contributed by atoms with Crippen LogP contribution in [0.2, 0.25) is 0 Å². The van der Waals surface area contributed by atoms with Crippen LogP contribution >= 0.6 is 0 Å². The van der Waals surface area contributed by atoms with Crippen molar-refractivity contribution in [2.45, 2.75) is 6.42 Å². The normalized spacial score (nSPS) is 15.2. The number of carbonyl (C=O) groups excluding carboxylic acids is 1. The number of phenolic OH excluding ortho intramolecular Hbond substituents is 2. The van der Waals surface area contributed by atoms with Crippen molar-refractivity contribution in [2.24, 2.45) is 5.10 Å². The molecule has 1 amide bonds. The van der Waals surface area contributed by atoms with E-state index in [9.17, 15) is 15.0 Å². The van der Waals surface area contributed by atoms with Crippen LogP contribution in [0.1, 0.15) is 12.0 Å². The zero-order valence-corrected chi connectivity index (χ0v) is 15.1. The second-order valence-corrected chi connectivity index (χ2v) is 6.45. The molecule has 0 unspecified atom stereocenters. The molecule has 2 aromatic carbocycles. The van der Waals surface area contributed by atoms with Crippen LogP contribution in [0.5, 0.6) is 11.5 Å². The third-order valence-electron chi connectivity index (χ3n) is 4.56. The van der Waals surface area contributed by atoms with Gasteiger partial charge in [-0.15, -0.1) is 0 Å². The third kappa shape index (κ3) is 5.46. The van der Waals surface area contributed by atoms with E-state index in [4.69, 9.17) is 0 Å². The monoisotopic (exact) mass is 368 g/mol. The van der Waals surface area contributed by atoms with Crippen molar-refractivity contribution in [3.63, 3.8) is 0 Å². The quantitative estimate of drug-likeness (QED) is 0.534. The number of aromatic hydroxyl groups is 2. The highest BCUT2D eigenvalue weighted by Gasteiger charge is 2.17. The number of piperazine rings is 1. The number of amides is 1. The summed E-state index contributed by atoms with van der Waals surface area (Å²) in [5.74, 6) is -0.291. The summed E-state index contributed by atoms with van der Waals surface area (Å²) < 4.78 is 0. The Morgan fingerprint density at radius 2 is 1.81 bits per heavy atom. The van der Waals surface area contributed by atoms with Gasteiger partial charge in [0.15, 0.2) is 0 Å². The largest absolute Gasteiger partial charge is 0.508 e. The van der Waals surface area contributed by atoms with Crippen LogP contribution < -0.4 is 10.3 Å². The van der Waals surface area contributed by atoms with Gasteiger partial charge >= 0.3 is 0 Å². The molecule has 1 aliphatic heterocycles. The summed E-state index contributed by atoms with van der Waals surface area (Å²) >= 11 is 0. The van der Waals surface area contributed by atoms with Gasteiger partial charge in [-0.25, -0.2) is 5.43 Å².